The lowest BCUT2D eigenvalue weighted by Gasteiger charge is -2.22. The number of ether oxygens (including phenoxy) is 1. The molecule has 0 saturated carbocycles. The topological polar surface area (TPSA) is 49.8 Å². The largest absolute Gasteiger partial charge is 0.489 e. The van der Waals surface area contributed by atoms with Gasteiger partial charge in [-0.3, -0.25) is 4.79 Å². The van der Waals surface area contributed by atoms with Crippen LogP contribution < -0.4 is 4.74 Å². The summed E-state index contributed by atoms with van der Waals surface area (Å²) in [4.78, 5) is 13.6. The first-order valence-electron chi connectivity index (χ1n) is 8.26. The molecule has 24 heavy (non-hydrogen) atoms. The molecule has 1 heterocycles. The Morgan fingerprint density at radius 2 is 1.71 bits per heavy atom. The highest BCUT2D eigenvalue weighted by Gasteiger charge is 2.42. The monoisotopic (exact) mass is 325 g/mol. The van der Waals surface area contributed by atoms with Crippen LogP contribution in [0, 0.1) is 5.92 Å². The summed E-state index contributed by atoms with van der Waals surface area (Å²) in [5.74, 6) is 0.496. The van der Waals surface area contributed by atoms with Crippen LogP contribution in [0.25, 0.3) is 0 Å². The van der Waals surface area contributed by atoms with Gasteiger partial charge in [0.15, 0.2) is 0 Å². The molecule has 1 amide bonds. The summed E-state index contributed by atoms with van der Waals surface area (Å²) in [7, 11) is 1.76. The number of hydrogen-bond donors (Lipinski definition) is 1. The third kappa shape index (κ3) is 3.44. The maximum absolute atomic E-state index is 11.9. The number of rotatable bonds is 5. The number of hydrogen-bond acceptors (Lipinski definition) is 3. The van der Waals surface area contributed by atoms with Gasteiger partial charge in [-0.05, 0) is 29.7 Å². The molecule has 2 aromatic rings. The van der Waals surface area contributed by atoms with Crippen LogP contribution in [0.2, 0.25) is 0 Å². The van der Waals surface area contributed by atoms with Gasteiger partial charge in [-0.1, -0.05) is 49.4 Å². The number of aliphatic hydroxyl groups excluding tert-OH is 1. The second kappa shape index (κ2) is 7.05. The lowest BCUT2D eigenvalue weighted by molar-refractivity contribution is -0.130. The number of carbonyl (C=O) groups is 1. The van der Waals surface area contributed by atoms with Gasteiger partial charge in [0, 0.05) is 7.05 Å². The van der Waals surface area contributed by atoms with E-state index in [4.69, 9.17) is 4.74 Å². The minimum absolute atomic E-state index is 0.00955. The summed E-state index contributed by atoms with van der Waals surface area (Å²) < 4.78 is 5.78. The normalized spacial score (nSPS) is 23.5. The Kier molecular flexibility index (Phi) is 4.86. The zero-order chi connectivity index (χ0) is 17.1. The third-order valence-electron chi connectivity index (χ3n) is 4.76. The Morgan fingerprint density at radius 1 is 1.04 bits per heavy atom. The first-order chi connectivity index (χ1) is 11.6. The molecule has 0 aromatic heterocycles. The second-order valence-corrected chi connectivity index (χ2v) is 6.42. The van der Waals surface area contributed by atoms with E-state index in [1.54, 1.807) is 18.9 Å². The smallest absolute Gasteiger partial charge is 0.228 e. The number of likely N-dealkylation sites (N-methyl/N-ethyl adjacent to an activating group) is 1. The molecule has 1 aliphatic rings. The molecule has 3 atom stereocenters. The first kappa shape index (κ1) is 16.5. The van der Waals surface area contributed by atoms with E-state index in [0.717, 1.165) is 16.9 Å². The second-order valence-electron chi connectivity index (χ2n) is 6.42. The van der Waals surface area contributed by atoms with E-state index in [1.165, 1.54) is 0 Å². The fraction of sp³-hybridized carbons (Fsp3) is 0.350. The SMILES string of the molecule is C[C@@H]1C(=O)N(C)[C@@H](Cc2ccc(OCc3ccccc3)cc2)[C@@H]1O. The van der Waals surface area contributed by atoms with E-state index in [1.807, 2.05) is 54.6 Å². The van der Waals surface area contributed by atoms with Crippen molar-refractivity contribution in [3.8, 4) is 5.75 Å². The van der Waals surface area contributed by atoms with Crippen LogP contribution in [0.5, 0.6) is 5.75 Å². The summed E-state index contributed by atoms with van der Waals surface area (Å²) in [6.45, 7) is 2.32. The molecule has 1 fully saturated rings. The lowest BCUT2D eigenvalue weighted by atomic mass is 9.98. The van der Waals surface area contributed by atoms with E-state index >= 15 is 0 Å². The molecule has 1 N–H and O–H groups in total. The minimum Gasteiger partial charge on any atom is -0.489 e. The fourth-order valence-corrected chi connectivity index (χ4v) is 3.15. The summed E-state index contributed by atoms with van der Waals surface area (Å²) in [5.41, 5.74) is 2.21. The van der Waals surface area contributed by atoms with Gasteiger partial charge < -0.3 is 14.7 Å². The van der Waals surface area contributed by atoms with Gasteiger partial charge in [0.05, 0.1) is 18.1 Å². The highest BCUT2D eigenvalue weighted by Crippen LogP contribution is 2.26. The van der Waals surface area contributed by atoms with Crippen LogP contribution >= 0.6 is 0 Å². The van der Waals surface area contributed by atoms with Gasteiger partial charge in [-0.25, -0.2) is 0 Å². The van der Waals surface area contributed by atoms with Crippen LogP contribution in [0.4, 0.5) is 0 Å². The predicted octanol–water partition coefficient (Wildman–Crippen LogP) is 2.65. The zero-order valence-electron chi connectivity index (χ0n) is 14.1. The average Bonchev–Trinajstić information content (AvgIpc) is 2.80. The molecule has 4 nitrogen and oxygen atoms in total. The van der Waals surface area contributed by atoms with Gasteiger partial charge in [0.25, 0.3) is 0 Å². The van der Waals surface area contributed by atoms with Gasteiger partial charge in [-0.2, -0.15) is 0 Å². The molecular formula is C20H23NO3. The lowest BCUT2D eigenvalue weighted by Crippen LogP contribution is -2.35. The molecule has 0 spiro atoms. The molecule has 0 unspecified atom stereocenters. The molecule has 1 saturated heterocycles. The quantitative estimate of drug-likeness (QED) is 0.919. The van der Waals surface area contributed by atoms with Gasteiger partial charge in [0.2, 0.25) is 5.91 Å². The first-order valence-corrected chi connectivity index (χ1v) is 8.26. The standard InChI is InChI=1S/C20H23NO3/c1-14-19(22)18(21(2)20(14)23)12-15-8-10-17(11-9-15)24-13-16-6-4-3-5-7-16/h3-11,14,18-19,22H,12-13H2,1-2H3/t14-,18-,19+/m0/s1. The van der Waals surface area contributed by atoms with Gasteiger partial charge in [0.1, 0.15) is 12.4 Å². The summed E-state index contributed by atoms with van der Waals surface area (Å²) in [5, 5.41) is 10.2. The van der Waals surface area contributed by atoms with Crippen molar-refractivity contribution >= 4 is 5.91 Å². The Balaban J connectivity index is 1.60. The number of carbonyl (C=O) groups excluding carboxylic acids is 1. The summed E-state index contributed by atoms with van der Waals surface area (Å²) in [6, 6.07) is 17.7. The minimum atomic E-state index is -0.614. The Morgan fingerprint density at radius 3 is 2.29 bits per heavy atom. The summed E-state index contributed by atoms with van der Waals surface area (Å²) >= 11 is 0. The Bertz CT molecular complexity index is 684. The predicted molar refractivity (Wildman–Crippen MR) is 92.6 cm³/mol. The molecule has 4 heteroatoms. The third-order valence-corrected chi connectivity index (χ3v) is 4.76. The highest BCUT2D eigenvalue weighted by molar-refractivity contribution is 5.81. The van der Waals surface area contributed by atoms with Crippen molar-refractivity contribution in [2.45, 2.75) is 32.1 Å². The maximum atomic E-state index is 11.9. The molecule has 0 radical (unpaired) electrons. The van der Waals surface area contributed by atoms with Crippen molar-refractivity contribution < 1.29 is 14.6 Å². The van der Waals surface area contributed by atoms with Crippen LogP contribution in [-0.4, -0.2) is 35.1 Å². The van der Waals surface area contributed by atoms with Crippen molar-refractivity contribution in [2.24, 2.45) is 5.92 Å². The number of nitrogens with zero attached hydrogens (tertiary/aromatic N) is 1. The van der Waals surface area contributed by atoms with Crippen LogP contribution in [0.15, 0.2) is 54.6 Å². The van der Waals surface area contributed by atoms with E-state index < -0.39 is 6.10 Å². The summed E-state index contributed by atoms with van der Waals surface area (Å²) in [6.07, 6.45) is 0.0312. The fourth-order valence-electron chi connectivity index (χ4n) is 3.15. The van der Waals surface area contributed by atoms with E-state index in [-0.39, 0.29) is 17.9 Å². The van der Waals surface area contributed by atoms with Crippen molar-refractivity contribution in [3.63, 3.8) is 0 Å². The van der Waals surface area contributed by atoms with Crippen molar-refractivity contribution in [1.82, 2.24) is 4.90 Å². The highest BCUT2D eigenvalue weighted by atomic mass is 16.5. The van der Waals surface area contributed by atoms with Gasteiger partial charge in [-0.15, -0.1) is 0 Å². The van der Waals surface area contributed by atoms with E-state index in [9.17, 15) is 9.90 Å². The Labute approximate surface area is 142 Å². The number of benzene rings is 2. The molecule has 126 valence electrons. The van der Waals surface area contributed by atoms with E-state index in [0.29, 0.717) is 13.0 Å². The number of aliphatic hydroxyl groups is 1. The van der Waals surface area contributed by atoms with E-state index in [2.05, 4.69) is 0 Å². The number of likely N-dealkylation sites (tertiary alicyclic amines) is 1. The van der Waals surface area contributed by atoms with Crippen LogP contribution in [0.1, 0.15) is 18.1 Å². The molecule has 1 aliphatic heterocycles. The zero-order valence-corrected chi connectivity index (χ0v) is 14.1. The molecule has 0 bridgehead atoms. The number of amides is 1. The van der Waals surface area contributed by atoms with Crippen molar-refractivity contribution in [3.05, 3.63) is 65.7 Å². The molecule has 0 aliphatic carbocycles. The van der Waals surface area contributed by atoms with Crippen molar-refractivity contribution in [1.29, 1.82) is 0 Å². The van der Waals surface area contributed by atoms with Crippen LogP contribution in [-0.2, 0) is 17.8 Å². The Hall–Kier alpha value is -2.33. The van der Waals surface area contributed by atoms with Crippen molar-refractivity contribution in [2.75, 3.05) is 7.05 Å². The van der Waals surface area contributed by atoms with Gasteiger partial charge >= 0.3 is 0 Å². The maximum Gasteiger partial charge on any atom is 0.228 e. The molecular weight excluding hydrogens is 302 g/mol. The average molecular weight is 325 g/mol. The molecule has 2 aromatic carbocycles. The molecule has 3 rings (SSSR count). The van der Waals surface area contributed by atoms with Crippen LogP contribution in [0.3, 0.4) is 0 Å².